The average molecular weight is 811 g/mol. The summed E-state index contributed by atoms with van der Waals surface area (Å²) in [4.78, 5) is 5.83. The molecule has 0 atom stereocenters. The Hall–Kier alpha value is -4.11. The Kier molecular flexibility index (Phi) is 9.41. The van der Waals surface area contributed by atoms with Crippen molar-refractivity contribution in [1.82, 2.24) is 0 Å². The van der Waals surface area contributed by atoms with Gasteiger partial charge in [-0.2, -0.15) is 0 Å². The minimum atomic E-state index is -2.71. The Morgan fingerprint density at radius 2 is 0.946 bits per heavy atom. The molecule has 0 saturated carbocycles. The topological polar surface area (TPSA) is 0 Å². The first-order valence-electron chi connectivity index (χ1n) is 20.0. The van der Waals surface area contributed by atoms with Crippen molar-refractivity contribution in [2.75, 3.05) is 0 Å². The minimum absolute atomic E-state index is 0.0209. The van der Waals surface area contributed by atoms with Crippen LogP contribution in [0.1, 0.15) is 31.9 Å². The summed E-state index contributed by atoms with van der Waals surface area (Å²) in [5.41, 5.74) is 5.58. The van der Waals surface area contributed by atoms with Crippen molar-refractivity contribution in [1.29, 1.82) is 0 Å². The first kappa shape index (κ1) is 37.5. The Labute approximate surface area is 345 Å². The van der Waals surface area contributed by atoms with Gasteiger partial charge >= 0.3 is 0 Å². The smallest absolute Gasteiger partial charge is 0.0904 e. The minimum Gasteiger partial charge on any atom is -0.0904 e. The molecular formula is C51H50S2Si3. The van der Waals surface area contributed by atoms with E-state index in [0.717, 1.165) is 6.04 Å². The van der Waals surface area contributed by atoms with Gasteiger partial charge in [-0.25, -0.2) is 0 Å². The van der Waals surface area contributed by atoms with Crippen molar-refractivity contribution in [2.45, 2.75) is 78.0 Å². The second-order valence-corrected chi connectivity index (χ2v) is 32.4. The van der Waals surface area contributed by atoms with E-state index in [-0.39, 0.29) is 5.41 Å². The Morgan fingerprint density at radius 3 is 1.52 bits per heavy atom. The fourth-order valence-electron chi connectivity index (χ4n) is 9.59. The highest BCUT2D eigenvalue weighted by Gasteiger charge is 2.45. The van der Waals surface area contributed by atoms with E-state index in [1.807, 2.05) is 23.5 Å². The molecule has 0 radical (unpaired) electrons. The molecule has 0 spiro atoms. The third kappa shape index (κ3) is 6.09. The van der Waals surface area contributed by atoms with Crippen LogP contribution in [0.25, 0.3) is 11.1 Å². The maximum absolute atomic E-state index is 2.71. The van der Waals surface area contributed by atoms with E-state index in [1.54, 1.807) is 25.9 Å². The van der Waals surface area contributed by atoms with Gasteiger partial charge in [0.1, 0.15) is 16.1 Å². The largest absolute Gasteiger partial charge is 0.153 e. The molecule has 0 bridgehead atoms. The molecule has 2 heterocycles. The van der Waals surface area contributed by atoms with E-state index in [0.29, 0.717) is 0 Å². The van der Waals surface area contributed by atoms with Crippen LogP contribution in [0, 0.1) is 0 Å². The van der Waals surface area contributed by atoms with Gasteiger partial charge in [0.25, 0.3) is 0 Å². The molecule has 9 rings (SSSR count). The van der Waals surface area contributed by atoms with Crippen molar-refractivity contribution in [3.8, 4) is 11.1 Å². The second-order valence-electron chi connectivity index (χ2n) is 17.8. The Balaban J connectivity index is 1.29. The number of hydrogen-bond acceptors (Lipinski definition) is 2. The molecule has 2 aliphatic heterocycles. The normalized spacial score (nSPS) is 15.3. The molecule has 56 heavy (non-hydrogen) atoms. The van der Waals surface area contributed by atoms with Crippen molar-refractivity contribution in [2.24, 2.45) is 0 Å². The number of rotatable bonds is 6. The van der Waals surface area contributed by atoms with Gasteiger partial charge in [0, 0.05) is 19.6 Å². The predicted molar refractivity (Wildman–Crippen MR) is 253 cm³/mol. The molecule has 0 unspecified atom stereocenters. The predicted octanol–water partition coefficient (Wildman–Crippen LogP) is 9.48. The fraction of sp³-hybridized carbons (Fsp3) is 0.176. The van der Waals surface area contributed by atoms with Crippen LogP contribution < -0.4 is 36.3 Å². The lowest BCUT2D eigenvalue weighted by Gasteiger charge is -2.40. The molecule has 0 aromatic heterocycles. The molecule has 0 nitrogen and oxygen atoms in total. The summed E-state index contributed by atoms with van der Waals surface area (Å²) < 4.78 is 0. The molecule has 0 fully saturated rings. The monoisotopic (exact) mass is 810 g/mol. The Morgan fingerprint density at radius 1 is 0.464 bits per heavy atom. The van der Waals surface area contributed by atoms with Crippen LogP contribution >= 0.6 is 23.5 Å². The van der Waals surface area contributed by atoms with E-state index in [4.69, 9.17) is 0 Å². The highest BCUT2D eigenvalue weighted by Crippen LogP contribution is 2.43. The summed E-state index contributed by atoms with van der Waals surface area (Å²) in [7, 11) is -6.58. The van der Waals surface area contributed by atoms with Crippen LogP contribution in [0.2, 0.25) is 26.2 Å². The SMILES string of the molecule is CC(C)(C)c1ccc(C[Si](c2ccccc2)(c2ccccc2)c2cccc3c2Sc2ccccc2[Si]3(C)C)cc1-c1cccc2c1Sc1ccccc1[Si]2(C)C. The Bertz CT molecular complexity index is 2560. The van der Waals surface area contributed by atoms with Crippen LogP contribution in [0.4, 0.5) is 0 Å². The van der Waals surface area contributed by atoms with Crippen molar-refractivity contribution >= 4 is 84.1 Å². The van der Waals surface area contributed by atoms with Crippen LogP contribution in [0.15, 0.2) is 183 Å². The van der Waals surface area contributed by atoms with Gasteiger partial charge in [-0.1, -0.05) is 222 Å². The maximum Gasteiger partial charge on any atom is 0.153 e. The van der Waals surface area contributed by atoms with E-state index in [9.17, 15) is 0 Å². The van der Waals surface area contributed by atoms with E-state index in [2.05, 4.69) is 211 Å². The molecule has 7 aromatic rings. The average Bonchev–Trinajstić information content (AvgIpc) is 3.20. The lowest BCUT2D eigenvalue weighted by molar-refractivity contribution is 0.591. The van der Waals surface area contributed by atoms with Crippen molar-refractivity contribution in [3.05, 3.63) is 175 Å². The van der Waals surface area contributed by atoms with Gasteiger partial charge in [-0.3, -0.25) is 0 Å². The molecule has 7 aromatic carbocycles. The first-order chi connectivity index (χ1) is 26.9. The maximum atomic E-state index is 2.61. The lowest BCUT2D eigenvalue weighted by atomic mass is 9.81. The summed E-state index contributed by atoms with van der Waals surface area (Å²) in [5, 5.41) is 10.7. The van der Waals surface area contributed by atoms with Crippen LogP contribution in [-0.4, -0.2) is 24.2 Å². The van der Waals surface area contributed by atoms with Crippen molar-refractivity contribution < 1.29 is 0 Å². The second kappa shape index (κ2) is 14.1. The molecular weight excluding hydrogens is 761 g/mol. The molecule has 0 N–H and O–H groups in total. The van der Waals surface area contributed by atoms with Gasteiger partial charge in [0.2, 0.25) is 0 Å². The van der Waals surface area contributed by atoms with E-state index < -0.39 is 24.2 Å². The van der Waals surface area contributed by atoms with Crippen LogP contribution in [0.3, 0.4) is 0 Å². The fourth-order valence-corrected chi connectivity index (χ4v) is 26.2. The number of benzene rings is 7. The zero-order valence-corrected chi connectivity index (χ0v) is 38.2. The van der Waals surface area contributed by atoms with Gasteiger partial charge in [0.05, 0.1) is 0 Å². The third-order valence-corrected chi connectivity index (χ3v) is 27.9. The standard InChI is InChI=1S/C51H50S2Si3/c1-51(2,3)41-33-32-36(34-40(41)39-24-18-29-46-49(39)52-42-25-14-16-27-44(42)54(46,4)5)35-56(37-20-10-8-11-21-37,38-22-12-9-13-23-38)48-31-19-30-47-50(48)53-43-26-15-17-28-45(43)55(47,6)7/h8-34H,35H2,1-7H3. The number of hydrogen-bond donors (Lipinski definition) is 0. The summed E-state index contributed by atoms with van der Waals surface area (Å²) in [6, 6.07) is 64.6. The van der Waals surface area contributed by atoms with Crippen molar-refractivity contribution in [3.63, 3.8) is 0 Å². The van der Waals surface area contributed by atoms with E-state index >= 15 is 0 Å². The zero-order valence-electron chi connectivity index (χ0n) is 33.6. The molecule has 0 aliphatic carbocycles. The van der Waals surface area contributed by atoms with Gasteiger partial charge < -0.3 is 0 Å². The lowest BCUT2D eigenvalue weighted by Crippen LogP contribution is -2.71. The highest BCUT2D eigenvalue weighted by molar-refractivity contribution is 8.00. The first-order valence-corrected chi connectivity index (χ1v) is 29.8. The highest BCUT2D eigenvalue weighted by atomic mass is 32.2. The van der Waals surface area contributed by atoms with Gasteiger partial charge in [0.15, 0.2) is 8.07 Å². The van der Waals surface area contributed by atoms with E-state index in [1.165, 1.54) is 52.2 Å². The molecule has 0 saturated heterocycles. The third-order valence-electron chi connectivity index (χ3n) is 12.6. The van der Waals surface area contributed by atoms with Gasteiger partial charge in [-0.05, 0) is 82.2 Å². The number of fused-ring (bicyclic) bond motifs is 4. The quantitative estimate of drug-likeness (QED) is 0.121. The summed E-state index contributed by atoms with van der Waals surface area (Å²) >= 11 is 4.01. The summed E-state index contributed by atoms with van der Waals surface area (Å²) in [5.74, 6) is 0. The molecule has 5 heteroatoms. The molecule has 278 valence electrons. The van der Waals surface area contributed by atoms with Crippen LogP contribution in [0.5, 0.6) is 0 Å². The van der Waals surface area contributed by atoms with Gasteiger partial charge in [-0.15, -0.1) is 0 Å². The summed E-state index contributed by atoms with van der Waals surface area (Å²) in [6.45, 7) is 17.3. The molecule has 0 amide bonds. The molecule has 2 aliphatic rings. The zero-order chi connectivity index (χ0) is 38.9. The summed E-state index contributed by atoms with van der Waals surface area (Å²) in [6.07, 6.45) is 0. The van der Waals surface area contributed by atoms with Crippen LogP contribution in [-0.2, 0) is 11.5 Å².